The second-order valence-corrected chi connectivity index (χ2v) is 9.24. The van der Waals surface area contributed by atoms with Gasteiger partial charge in [-0.15, -0.1) is 0 Å². The molecule has 2 aliphatic rings. The summed E-state index contributed by atoms with van der Waals surface area (Å²) in [6, 6.07) is 11.0. The van der Waals surface area contributed by atoms with Crippen molar-refractivity contribution >= 4 is 40.5 Å². The Morgan fingerprint density at radius 2 is 1.81 bits per heavy atom. The van der Waals surface area contributed by atoms with Crippen LogP contribution in [0.2, 0.25) is 5.02 Å². The molecule has 7 nitrogen and oxygen atoms in total. The average molecular weight is 525 g/mol. The number of carbonyl (C=O) groups is 1. The zero-order valence-electron chi connectivity index (χ0n) is 18.9. The lowest BCUT2D eigenvalue weighted by atomic mass is 9.95. The first-order chi connectivity index (χ1) is 17.8. The van der Waals surface area contributed by atoms with Gasteiger partial charge in [0.25, 0.3) is 0 Å². The third kappa shape index (κ3) is 3.84. The molecule has 0 N–H and O–H groups in total. The molecule has 4 aromatic rings. The molecule has 0 bridgehead atoms. The Labute approximate surface area is 212 Å². The van der Waals surface area contributed by atoms with Crippen LogP contribution in [0.15, 0.2) is 64.7 Å². The van der Waals surface area contributed by atoms with E-state index in [-0.39, 0.29) is 46.7 Å². The van der Waals surface area contributed by atoms with Crippen LogP contribution >= 0.6 is 11.6 Å². The van der Waals surface area contributed by atoms with E-state index in [1.165, 1.54) is 0 Å². The molecule has 0 amide bonds. The van der Waals surface area contributed by atoms with Crippen LogP contribution in [0.5, 0.6) is 0 Å². The second kappa shape index (κ2) is 8.74. The molecule has 4 heterocycles. The molecule has 2 aromatic carbocycles. The largest absolute Gasteiger partial charge is 0.390 e. The van der Waals surface area contributed by atoms with Crippen molar-refractivity contribution in [1.29, 1.82) is 0 Å². The van der Waals surface area contributed by atoms with Crippen LogP contribution < -0.4 is 10.3 Å². The first-order valence-corrected chi connectivity index (χ1v) is 11.6. The highest BCUT2D eigenvalue weighted by atomic mass is 35.5. The number of aldehydes is 1. The summed E-state index contributed by atoms with van der Waals surface area (Å²) >= 11 is 5.99. The fourth-order valence-corrected chi connectivity index (χ4v) is 4.92. The van der Waals surface area contributed by atoms with Crippen LogP contribution in [0.3, 0.4) is 0 Å². The number of aromatic nitrogens is 2. The summed E-state index contributed by atoms with van der Waals surface area (Å²) in [4.78, 5) is 36.0. The molecule has 2 aromatic heterocycles. The zero-order valence-corrected chi connectivity index (χ0v) is 19.6. The monoisotopic (exact) mass is 524 g/mol. The Morgan fingerprint density at radius 3 is 2.54 bits per heavy atom. The minimum absolute atomic E-state index is 0.0736. The van der Waals surface area contributed by atoms with Crippen molar-refractivity contribution in [3.63, 3.8) is 0 Å². The van der Waals surface area contributed by atoms with E-state index in [4.69, 9.17) is 16.4 Å². The second-order valence-electron chi connectivity index (χ2n) is 8.80. The number of anilines is 1. The van der Waals surface area contributed by atoms with Crippen LogP contribution in [-0.2, 0) is 4.84 Å². The van der Waals surface area contributed by atoms with Gasteiger partial charge in [0.2, 0.25) is 5.43 Å². The number of pyridine rings is 2. The Balaban J connectivity index is 1.44. The first-order valence-electron chi connectivity index (χ1n) is 11.2. The van der Waals surface area contributed by atoms with Crippen molar-refractivity contribution in [1.82, 2.24) is 9.55 Å². The summed E-state index contributed by atoms with van der Waals surface area (Å²) in [5.74, 6) is -2.78. The summed E-state index contributed by atoms with van der Waals surface area (Å²) in [5, 5.41) is 4.57. The maximum absolute atomic E-state index is 15.3. The standard InChI is InChI=1S/C26H16ClF3N4O3/c27-15-3-1-13(2-4-15)23-18-10-33(11-22(18)37-32-23)26-20(30)8-17-24(36)14(12-35)9-34(25(17)31-26)21-6-5-16(28)7-19(21)29/h1-9,12,18,22H,10-11H2. The van der Waals surface area contributed by atoms with Crippen molar-refractivity contribution in [2.75, 3.05) is 18.0 Å². The number of halogens is 4. The molecular weight excluding hydrogens is 509 g/mol. The number of hydrogen-bond donors (Lipinski definition) is 0. The molecule has 2 unspecified atom stereocenters. The molecule has 37 heavy (non-hydrogen) atoms. The average Bonchev–Trinajstić information content (AvgIpc) is 3.46. The summed E-state index contributed by atoms with van der Waals surface area (Å²) in [6.45, 7) is 0.589. The van der Waals surface area contributed by atoms with Crippen molar-refractivity contribution in [3.05, 3.63) is 98.6 Å². The first kappa shape index (κ1) is 23.2. The van der Waals surface area contributed by atoms with Crippen LogP contribution in [0, 0.1) is 23.4 Å². The van der Waals surface area contributed by atoms with Crippen molar-refractivity contribution in [2.24, 2.45) is 11.1 Å². The van der Waals surface area contributed by atoms with Crippen LogP contribution in [0.4, 0.5) is 19.0 Å². The number of fused-ring (bicyclic) bond motifs is 2. The van der Waals surface area contributed by atoms with Gasteiger partial charge >= 0.3 is 0 Å². The third-order valence-electron chi connectivity index (χ3n) is 6.58. The van der Waals surface area contributed by atoms with Gasteiger partial charge in [-0.3, -0.25) is 14.2 Å². The Morgan fingerprint density at radius 1 is 1.03 bits per heavy atom. The van der Waals surface area contributed by atoms with Crippen LogP contribution in [0.1, 0.15) is 15.9 Å². The van der Waals surface area contributed by atoms with E-state index in [1.54, 1.807) is 17.0 Å². The summed E-state index contributed by atoms with van der Waals surface area (Å²) in [5.41, 5.74) is 0.220. The normalized spacial score (nSPS) is 18.6. The predicted molar refractivity (Wildman–Crippen MR) is 131 cm³/mol. The number of rotatable bonds is 4. The number of carbonyl (C=O) groups excluding carboxylic acids is 1. The lowest BCUT2D eigenvalue weighted by Gasteiger charge is -2.20. The minimum atomic E-state index is -0.942. The SMILES string of the molecule is O=Cc1cn(-c2ccc(F)cc2F)c2nc(N3CC4ON=C(c5ccc(Cl)cc5)C4C3)c(F)cc2c1=O. The van der Waals surface area contributed by atoms with Gasteiger partial charge in [-0.25, -0.2) is 18.2 Å². The molecule has 186 valence electrons. The third-order valence-corrected chi connectivity index (χ3v) is 6.83. The molecule has 1 saturated heterocycles. The Kier molecular flexibility index (Phi) is 5.49. The Bertz CT molecular complexity index is 1670. The van der Waals surface area contributed by atoms with Gasteiger partial charge in [0.15, 0.2) is 29.7 Å². The van der Waals surface area contributed by atoms with Gasteiger partial charge in [0, 0.05) is 23.8 Å². The number of oxime groups is 1. The van der Waals surface area contributed by atoms with Crippen molar-refractivity contribution < 1.29 is 22.8 Å². The lowest BCUT2D eigenvalue weighted by Crippen LogP contribution is -2.26. The van der Waals surface area contributed by atoms with Gasteiger partial charge in [-0.05, 0) is 35.9 Å². The van der Waals surface area contributed by atoms with Gasteiger partial charge in [-0.2, -0.15) is 0 Å². The molecule has 2 atom stereocenters. The van der Waals surface area contributed by atoms with Crippen molar-refractivity contribution in [3.8, 4) is 5.69 Å². The molecule has 0 saturated carbocycles. The van der Waals surface area contributed by atoms with E-state index >= 15 is 4.39 Å². The molecular formula is C26H16ClF3N4O3. The molecule has 6 rings (SSSR count). The summed E-state index contributed by atoms with van der Waals surface area (Å²) in [6.07, 6.45) is 1.05. The van der Waals surface area contributed by atoms with Gasteiger partial charge < -0.3 is 9.74 Å². The number of benzene rings is 2. The van der Waals surface area contributed by atoms with Crippen LogP contribution in [-0.4, -0.2) is 40.7 Å². The highest BCUT2D eigenvalue weighted by molar-refractivity contribution is 6.30. The van der Waals surface area contributed by atoms with Crippen LogP contribution in [0.25, 0.3) is 16.7 Å². The van der Waals surface area contributed by atoms with E-state index in [0.29, 0.717) is 29.6 Å². The number of nitrogens with zero attached hydrogens (tertiary/aromatic N) is 4. The highest BCUT2D eigenvalue weighted by Crippen LogP contribution is 2.34. The fraction of sp³-hybridized carbons (Fsp3) is 0.154. The quantitative estimate of drug-likeness (QED) is 0.367. The molecule has 2 aliphatic heterocycles. The van der Waals surface area contributed by atoms with Gasteiger partial charge in [0.05, 0.1) is 34.8 Å². The van der Waals surface area contributed by atoms with E-state index in [0.717, 1.165) is 34.5 Å². The fourth-order valence-electron chi connectivity index (χ4n) is 4.80. The molecule has 1 fully saturated rings. The number of hydrogen-bond acceptors (Lipinski definition) is 6. The molecule has 11 heteroatoms. The molecule has 0 aliphatic carbocycles. The van der Waals surface area contributed by atoms with Crippen molar-refractivity contribution in [2.45, 2.75) is 6.10 Å². The maximum atomic E-state index is 15.3. The molecule has 0 radical (unpaired) electrons. The van der Waals surface area contributed by atoms with E-state index < -0.39 is 22.9 Å². The lowest BCUT2D eigenvalue weighted by molar-refractivity contribution is 0.0853. The topological polar surface area (TPSA) is 76.8 Å². The van der Waals surface area contributed by atoms with E-state index in [2.05, 4.69) is 10.1 Å². The Hall–Kier alpha value is -4.18. The zero-order chi connectivity index (χ0) is 25.8. The van der Waals surface area contributed by atoms with E-state index in [1.807, 2.05) is 12.1 Å². The minimum Gasteiger partial charge on any atom is -0.390 e. The summed E-state index contributed by atoms with van der Waals surface area (Å²) < 4.78 is 44.7. The van der Waals surface area contributed by atoms with E-state index in [9.17, 15) is 18.4 Å². The highest BCUT2D eigenvalue weighted by Gasteiger charge is 2.44. The van der Waals surface area contributed by atoms with Gasteiger partial charge in [-0.1, -0.05) is 28.9 Å². The van der Waals surface area contributed by atoms with Gasteiger partial charge in [0.1, 0.15) is 11.6 Å². The predicted octanol–water partition coefficient (Wildman–Crippen LogP) is 4.51. The maximum Gasteiger partial charge on any atom is 0.201 e. The molecule has 0 spiro atoms. The summed E-state index contributed by atoms with van der Waals surface area (Å²) in [7, 11) is 0. The smallest absolute Gasteiger partial charge is 0.201 e.